The molecule has 3 nitrogen and oxygen atoms in total. The fourth-order valence-corrected chi connectivity index (χ4v) is 6.80. The lowest BCUT2D eigenvalue weighted by Gasteiger charge is -2.47. The third-order valence-electron chi connectivity index (χ3n) is 9.17. The molecule has 1 aromatic heterocycles. The molecule has 160 valence electrons. The van der Waals surface area contributed by atoms with E-state index in [0.29, 0.717) is 17.1 Å². The van der Waals surface area contributed by atoms with Gasteiger partial charge in [-0.2, -0.15) is 0 Å². The van der Waals surface area contributed by atoms with Crippen LogP contribution in [0.4, 0.5) is 0 Å². The number of benzene rings is 1. The van der Waals surface area contributed by atoms with E-state index in [2.05, 4.69) is 35.6 Å². The number of pyridine rings is 1. The Morgan fingerprint density at radius 1 is 0.867 bits per heavy atom. The summed E-state index contributed by atoms with van der Waals surface area (Å²) in [4.78, 5) is 4.95. The molecule has 0 amide bonds. The molecule has 5 aliphatic carbocycles. The van der Waals surface area contributed by atoms with Gasteiger partial charge >= 0.3 is 0 Å². The molecule has 3 heteroatoms. The standard InChI is InChI=1S/C27H36N2O/c1-11-26(12-1)13-9-23(10-14-26)30-24-4-5-25-21(18-24)2-3-22(29-25)19-28-27-15-6-20(7-16-27)8-17-27/h2-5,18,20,23,28H,1,6-17,19H2. The van der Waals surface area contributed by atoms with Gasteiger partial charge in [0.05, 0.1) is 17.3 Å². The summed E-state index contributed by atoms with van der Waals surface area (Å²) in [6, 6.07) is 10.9. The zero-order valence-electron chi connectivity index (χ0n) is 18.3. The smallest absolute Gasteiger partial charge is 0.120 e. The molecule has 0 radical (unpaired) electrons. The summed E-state index contributed by atoms with van der Waals surface area (Å²) in [7, 11) is 0. The van der Waals surface area contributed by atoms with Crippen molar-refractivity contribution in [2.45, 2.75) is 102 Å². The van der Waals surface area contributed by atoms with Crippen LogP contribution in [0.3, 0.4) is 0 Å². The Kier molecular flexibility index (Phi) is 4.78. The van der Waals surface area contributed by atoms with E-state index in [0.717, 1.165) is 29.4 Å². The molecule has 0 atom stereocenters. The highest BCUT2D eigenvalue weighted by Crippen LogP contribution is 2.52. The van der Waals surface area contributed by atoms with E-state index in [1.165, 1.54) is 88.9 Å². The Hall–Kier alpha value is -1.61. The van der Waals surface area contributed by atoms with E-state index in [4.69, 9.17) is 9.72 Å². The molecule has 7 rings (SSSR count). The van der Waals surface area contributed by atoms with Crippen LogP contribution in [-0.2, 0) is 6.54 Å². The summed E-state index contributed by atoms with van der Waals surface area (Å²) in [5.41, 5.74) is 3.34. The molecule has 2 bridgehead atoms. The van der Waals surface area contributed by atoms with Gasteiger partial charge in [0, 0.05) is 17.5 Å². The first-order valence-corrected chi connectivity index (χ1v) is 12.5. The van der Waals surface area contributed by atoms with E-state index in [1.54, 1.807) is 0 Å². The molecular weight excluding hydrogens is 368 g/mol. The van der Waals surface area contributed by atoms with Gasteiger partial charge < -0.3 is 10.1 Å². The van der Waals surface area contributed by atoms with Crippen molar-refractivity contribution in [3.8, 4) is 5.75 Å². The van der Waals surface area contributed by atoms with Crippen molar-refractivity contribution in [2.75, 3.05) is 0 Å². The molecule has 30 heavy (non-hydrogen) atoms. The SMILES string of the molecule is c1cc2nc(CNC34CCC(CC3)CC4)ccc2cc1OC1CCC2(CCC2)CC1. The normalized spacial score (nSPS) is 30.5. The van der Waals surface area contributed by atoms with Crippen molar-refractivity contribution in [1.29, 1.82) is 0 Å². The quantitative estimate of drug-likeness (QED) is 0.614. The predicted octanol–water partition coefficient (Wildman–Crippen LogP) is 6.54. The molecule has 5 saturated carbocycles. The number of rotatable bonds is 5. The zero-order valence-corrected chi connectivity index (χ0v) is 18.3. The van der Waals surface area contributed by atoms with Crippen LogP contribution < -0.4 is 10.1 Å². The highest BCUT2D eigenvalue weighted by Gasteiger charge is 2.41. The molecule has 0 aliphatic heterocycles. The van der Waals surface area contributed by atoms with Crippen molar-refractivity contribution in [3.05, 3.63) is 36.0 Å². The molecule has 0 saturated heterocycles. The number of nitrogens with zero attached hydrogens (tertiary/aromatic N) is 1. The first-order chi connectivity index (χ1) is 14.7. The number of hydrogen-bond donors (Lipinski definition) is 1. The maximum atomic E-state index is 6.37. The van der Waals surface area contributed by atoms with Gasteiger partial charge in [-0.15, -0.1) is 0 Å². The largest absolute Gasteiger partial charge is 0.490 e. The summed E-state index contributed by atoms with van der Waals surface area (Å²) in [6.07, 6.45) is 18.3. The summed E-state index contributed by atoms with van der Waals surface area (Å²) >= 11 is 0. The molecule has 5 aliphatic rings. The summed E-state index contributed by atoms with van der Waals surface area (Å²) in [6.45, 7) is 0.892. The van der Waals surface area contributed by atoms with Gasteiger partial charge in [0.1, 0.15) is 5.75 Å². The molecule has 1 heterocycles. The van der Waals surface area contributed by atoms with Gasteiger partial charge in [-0.1, -0.05) is 12.5 Å². The summed E-state index contributed by atoms with van der Waals surface area (Å²) in [5.74, 6) is 2.03. The van der Waals surface area contributed by atoms with Gasteiger partial charge in [0.2, 0.25) is 0 Å². The van der Waals surface area contributed by atoms with Crippen LogP contribution in [0.15, 0.2) is 30.3 Å². The lowest BCUT2D eigenvalue weighted by atomic mass is 9.60. The van der Waals surface area contributed by atoms with Crippen LogP contribution in [0.1, 0.15) is 89.2 Å². The highest BCUT2D eigenvalue weighted by molar-refractivity contribution is 5.80. The minimum Gasteiger partial charge on any atom is -0.490 e. The van der Waals surface area contributed by atoms with Gasteiger partial charge in [-0.3, -0.25) is 4.98 Å². The Morgan fingerprint density at radius 2 is 1.63 bits per heavy atom. The van der Waals surface area contributed by atoms with Crippen LogP contribution in [0.5, 0.6) is 5.75 Å². The minimum atomic E-state index is 0.390. The van der Waals surface area contributed by atoms with Crippen LogP contribution in [0.2, 0.25) is 0 Å². The first kappa shape index (κ1) is 19.1. The minimum absolute atomic E-state index is 0.390. The van der Waals surface area contributed by atoms with E-state index in [1.807, 2.05) is 0 Å². The zero-order chi connectivity index (χ0) is 20.0. The maximum Gasteiger partial charge on any atom is 0.120 e. The second-order valence-electron chi connectivity index (χ2n) is 10.9. The molecule has 1 aromatic carbocycles. The van der Waals surface area contributed by atoms with Crippen molar-refractivity contribution in [2.24, 2.45) is 11.3 Å². The van der Waals surface area contributed by atoms with E-state index in [9.17, 15) is 0 Å². The Labute approximate surface area is 181 Å². The molecule has 1 spiro atoms. The highest BCUT2D eigenvalue weighted by atomic mass is 16.5. The predicted molar refractivity (Wildman–Crippen MR) is 122 cm³/mol. The molecule has 2 aromatic rings. The molecular formula is C27H36N2O. The topological polar surface area (TPSA) is 34.2 Å². The number of fused-ring (bicyclic) bond motifs is 4. The number of aromatic nitrogens is 1. The van der Waals surface area contributed by atoms with Gasteiger partial charge in [-0.25, -0.2) is 0 Å². The van der Waals surface area contributed by atoms with Crippen molar-refractivity contribution in [1.82, 2.24) is 10.3 Å². The van der Waals surface area contributed by atoms with Crippen LogP contribution >= 0.6 is 0 Å². The number of nitrogens with one attached hydrogen (secondary N) is 1. The van der Waals surface area contributed by atoms with Crippen LogP contribution in [0, 0.1) is 11.3 Å². The number of hydrogen-bond acceptors (Lipinski definition) is 3. The van der Waals surface area contributed by atoms with Crippen molar-refractivity contribution in [3.63, 3.8) is 0 Å². The Bertz CT molecular complexity index is 886. The second-order valence-corrected chi connectivity index (χ2v) is 10.9. The van der Waals surface area contributed by atoms with E-state index < -0.39 is 0 Å². The third-order valence-corrected chi connectivity index (χ3v) is 9.17. The fraction of sp³-hybridized carbons (Fsp3) is 0.667. The summed E-state index contributed by atoms with van der Waals surface area (Å²) in [5, 5.41) is 5.09. The monoisotopic (exact) mass is 404 g/mol. The maximum absolute atomic E-state index is 6.37. The molecule has 1 N–H and O–H groups in total. The van der Waals surface area contributed by atoms with Gasteiger partial charge in [-0.05, 0) is 113 Å². The van der Waals surface area contributed by atoms with E-state index in [-0.39, 0.29) is 0 Å². The van der Waals surface area contributed by atoms with Crippen LogP contribution in [-0.4, -0.2) is 16.6 Å². The third kappa shape index (κ3) is 3.64. The Balaban J connectivity index is 1.09. The van der Waals surface area contributed by atoms with Crippen molar-refractivity contribution >= 4 is 10.9 Å². The molecule has 0 unspecified atom stereocenters. The average Bonchev–Trinajstić information content (AvgIpc) is 2.78. The van der Waals surface area contributed by atoms with E-state index >= 15 is 0 Å². The van der Waals surface area contributed by atoms with Gasteiger partial charge in [0.25, 0.3) is 0 Å². The first-order valence-electron chi connectivity index (χ1n) is 12.5. The molecule has 5 fully saturated rings. The lowest BCUT2D eigenvalue weighted by molar-refractivity contribution is 0.0234. The van der Waals surface area contributed by atoms with Gasteiger partial charge in [0.15, 0.2) is 0 Å². The van der Waals surface area contributed by atoms with Crippen molar-refractivity contribution < 1.29 is 4.74 Å². The van der Waals surface area contributed by atoms with Crippen LogP contribution in [0.25, 0.3) is 10.9 Å². The summed E-state index contributed by atoms with van der Waals surface area (Å²) < 4.78 is 6.37. The Morgan fingerprint density at radius 3 is 2.33 bits per heavy atom. The number of ether oxygens (including phenoxy) is 1. The second kappa shape index (κ2) is 7.51. The lowest BCUT2D eigenvalue weighted by Crippen LogP contribution is -2.51. The average molecular weight is 405 g/mol. The fourth-order valence-electron chi connectivity index (χ4n) is 6.80.